The molecule has 0 N–H and O–H groups in total. The van der Waals surface area contributed by atoms with Crippen LogP contribution in [0.3, 0.4) is 0 Å². The molecule has 0 aliphatic carbocycles. The summed E-state index contributed by atoms with van der Waals surface area (Å²) in [4.78, 5) is 6.96. The predicted molar refractivity (Wildman–Crippen MR) is 76.1 cm³/mol. The summed E-state index contributed by atoms with van der Waals surface area (Å²) in [5.74, 6) is 1.36. The van der Waals surface area contributed by atoms with E-state index < -0.39 is 0 Å². The first-order valence-electron chi connectivity index (χ1n) is 6.26. The molecule has 4 heteroatoms. The average Bonchev–Trinajstić information content (AvgIpc) is 2.76. The molecule has 1 aromatic rings. The van der Waals surface area contributed by atoms with Gasteiger partial charge in [0.05, 0.1) is 11.6 Å². The third-order valence-electron chi connectivity index (χ3n) is 3.67. The molecule has 1 saturated heterocycles. The number of hydrogen-bond acceptors (Lipinski definition) is 3. The molecule has 0 spiro atoms. The molecule has 17 heavy (non-hydrogen) atoms. The Morgan fingerprint density at radius 2 is 2.06 bits per heavy atom. The second kappa shape index (κ2) is 5.15. The molecule has 2 rings (SSSR count). The van der Waals surface area contributed by atoms with Crippen LogP contribution in [-0.4, -0.2) is 18.1 Å². The predicted octanol–water partition coefficient (Wildman–Crippen LogP) is 4.14. The molecule has 0 atom stereocenters. The zero-order valence-corrected chi connectivity index (χ0v) is 12.4. The van der Waals surface area contributed by atoms with Gasteiger partial charge in [0.1, 0.15) is 0 Å². The molecular weight excluding hydrogens is 252 g/mol. The van der Waals surface area contributed by atoms with Gasteiger partial charge in [-0.3, -0.25) is 0 Å². The Bertz CT molecular complexity index is 362. The molecule has 96 valence electrons. The Hall–Kier alpha value is -0.280. The molecule has 1 aliphatic heterocycles. The van der Waals surface area contributed by atoms with Crippen molar-refractivity contribution in [3.63, 3.8) is 0 Å². The minimum Gasteiger partial charge on any atom is -0.348 e. The van der Waals surface area contributed by atoms with Gasteiger partial charge in [-0.15, -0.1) is 22.9 Å². The van der Waals surface area contributed by atoms with Gasteiger partial charge in [-0.05, 0) is 24.2 Å². The zero-order valence-electron chi connectivity index (χ0n) is 10.9. The molecular formula is C13H21ClN2S. The van der Waals surface area contributed by atoms with E-state index in [-0.39, 0.29) is 0 Å². The minimum atomic E-state index is 0.441. The van der Waals surface area contributed by atoms with Crippen molar-refractivity contribution in [2.24, 2.45) is 11.3 Å². The highest BCUT2D eigenvalue weighted by molar-refractivity contribution is 7.13. The van der Waals surface area contributed by atoms with Crippen LogP contribution in [0.5, 0.6) is 0 Å². The maximum atomic E-state index is 5.79. The number of alkyl halides is 1. The van der Waals surface area contributed by atoms with E-state index in [4.69, 9.17) is 11.6 Å². The van der Waals surface area contributed by atoms with Crippen LogP contribution >= 0.6 is 22.9 Å². The lowest BCUT2D eigenvalue weighted by Gasteiger charge is -2.38. The minimum absolute atomic E-state index is 0.441. The van der Waals surface area contributed by atoms with Gasteiger partial charge in [0.25, 0.3) is 0 Å². The van der Waals surface area contributed by atoms with Crippen LogP contribution in [0.2, 0.25) is 0 Å². The van der Waals surface area contributed by atoms with Crippen molar-refractivity contribution in [2.45, 2.75) is 39.5 Å². The van der Waals surface area contributed by atoms with Crippen molar-refractivity contribution in [3.8, 4) is 0 Å². The summed E-state index contributed by atoms with van der Waals surface area (Å²) in [5.41, 5.74) is 1.45. The largest absolute Gasteiger partial charge is 0.348 e. The van der Waals surface area contributed by atoms with Crippen LogP contribution in [0.25, 0.3) is 0 Å². The van der Waals surface area contributed by atoms with Crippen LogP contribution in [-0.2, 0) is 5.88 Å². The number of nitrogens with zero attached hydrogens (tertiary/aromatic N) is 2. The van der Waals surface area contributed by atoms with E-state index in [0.29, 0.717) is 11.3 Å². The van der Waals surface area contributed by atoms with E-state index in [0.717, 1.165) is 29.8 Å². The van der Waals surface area contributed by atoms with E-state index in [2.05, 4.69) is 36.0 Å². The molecule has 1 aliphatic rings. The SMILES string of the molecule is CC(C)(C)C1CCN(c2nc(CCl)cs2)CC1. The summed E-state index contributed by atoms with van der Waals surface area (Å²) in [7, 11) is 0. The lowest BCUT2D eigenvalue weighted by atomic mass is 9.75. The van der Waals surface area contributed by atoms with E-state index in [1.54, 1.807) is 11.3 Å². The first-order valence-corrected chi connectivity index (χ1v) is 7.67. The van der Waals surface area contributed by atoms with Gasteiger partial charge < -0.3 is 4.90 Å². The number of rotatable bonds is 2. The van der Waals surface area contributed by atoms with Crippen LogP contribution < -0.4 is 4.90 Å². The van der Waals surface area contributed by atoms with Crippen LogP contribution in [0, 0.1) is 11.3 Å². The van der Waals surface area contributed by atoms with Crippen molar-refractivity contribution in [2.75, 3.05) is 18.0 Å². The Kier molecular flexibility index (Phi) is 3.99. The first-order chi connectivity index (χ1) is 8.00. The van der Waals surface area contributed by atoms with Crippen molar-refractivity contribution in [1.82, 2.24) is 4.98 Å². The maximum absolute atomic E-state index is 5.79. The Morgan fingerprint density at radius 3 is 2.53 bits per heavy atom. The molecule has 0 unspecified atom stereocenters. The molecule has 0 bridgehead atoms. The number of aromatic nitrogens is 1. The van der Waals surface area contributed by atoms with Crippen molar-refractivity contribution >= 4 is 28.1 Å². The normalized spacial score (nSPS) is 18.7. The zero-order chi connectivity index (χ0) is 12.5. The van der Waals surface area contributed by atoms with Gasteiger partial charge in [-0.2, -0.15) is 0 Å². The lowest BCUT2D eigenvalue weighted by Crippen LogP contribution is -2.37. The third kappa shape index (κ3) is 3.14. The highest BCUT2D eigenvalue weighted by atomic mass is 35.5. The molecule has 0 aromatic carbocycles. The molecule has 1 fully saturated rings. The first kappa shape index (κ1) is 13.2. The smallest absolute Gasteiger partial charge is 0.185 e. The van der Waals surface area contributed by atoms with Crippen molar-refractivity contribution in [1.29, 1.82) is 0 Å². The van der Waals surface area contributed by atoms with Gasteiger partial charge in [0.2, 0.25) is 0 Å². The topological polar surface area (TPSA) is 16.1 Å². The van der Waals surface area contributed by atoms with Crippen molar-refractivity contribution < 1.29 is 0 Å². The van der Waals surface area contributed by atoms with Gasteiger partial charge in [-0.1, -0.05) is 20.8 Å². The molecule has 2 nitrogen and oxygen atoms in total. The van der Waals surface area contributed by atoms with E-state index >= 15 is 0 Å². The fourth-order valence-electron chi connectivity index (χ4n) is 2.44. The van der Waals surface area contributed by atoms with Gasteiger partial charge in [0, 0.05) is 18.5 Å². The Morgan fingerprint density at radius 1 is 1.41 bits per heavy atom. The summed E-state index contributed by atoms with van der Waals surface area (Å²) >= 11 is 7.51. The quantitative estimate of drug-likeness (QED) is 0.752. The molecule has 0 saturated carbocycles. The second-order valence-corrected chi connectivity index (χ2v) is 6.99. The summed E-state index contributed by atoms with van der Waals surface area (Å²) < 4.78 is 0. The van der Waals surface area contributed by atoms with Gasteiger partial charge in [-0.25, -0.2) is 4.98 Å². The number of halogens is 1. The second-order valence-electron chi connectivity index (χ2n) is 5.88. The fraction of sp³-hybridized carbons (Fsp3) is 0.769. The maximum Gasteiger partial charge on any atom is 0.185 e. The van der Waals surface area contributed by atoms with E-state index in [9.17, 15) is 0 Å². The summed E-state index contributed by atoms with van der Waals surface area (Å²) in [6, 6.07) is 0. The Labute approximate surface area is 113 Å². The van der Waals surface area contributed by atoms with Crippen LogP contribution in [0.1, 0.15) is 39.3 Å². The monoisotopic (exact) mass is 272 g/mol. The number of piperidine rings is 1. The number of thiazole rings is 1. The molecule has 2 heterocycles. The highest BCUT2D eigenvalue weighted by Gasteiger charge is 2.29. The molecule has 1 aromatic heterocycles. The summed E-state index contributed by atoms with van der Waals surface area (Å²) in [6.45, 7) is 9.32. The highest BCUT2D eigenvalue weighted by Crippen LogP contribution is 2.36. The number of hydrogen-bond donors (Lipinski definition) is 0. The third-order valence-corrected chi connectivity index (χ3v) is 4.89. The van der Waals surface area contributed by atoms with E-state index in [1.807, 2.05) is 0 Å². The van der Waals surface area contributed by atoms with Crippen LogP contribution in [0.4, 0.5) is 5.13 Å². The Balaban J connectivity index is 1.95. The fourth-order valence-corrected chi connectivity index (χ4v) is 3.55. The molecule has 0 radical (unpaired) electrons. The van der Waals surface area contributed by atoms with Gasteiger partial charge in [0.15, 0.2) is 5.13 Å². The standard InChI is InChI=1S/C13H21ClN2S/c1-13(2,3)10-4-6-16(7-5-10)12-15-11(8-14)9-17-12/h9-10H,4-8H2,1-3H3. The average molecular weight is 273 g/mol. The molecule has 0 amide bonds. The summed E-state index contributed by atoms with van der Waals surface area (Å²) in [5, 5.41) is 3.21. The van der Waals surface area contributed by atoms with Crippen molar-refractivity contribution in [3.05, 3.63) is 11.1 Å². The number of anilines is 1. The van der Waals surface area contributed by atoms with Gasteiger partial charge >= 0.3 is 0 Å². The lowest BCUT2D eigenvalue weighted by molar-refractivity contribution is 0.199. The van der Waals surface area contributed by atoms with Crippen LogP contribution in [0.15, 0.2) is 5.38 Å². The summed E-state index contributed by atoms with van der Waals surface area (Å²) in [6.07, 6.45) is 2.55. The van der Waals surface area contributed by atoms with E-state index in [1.165, 1.54) is 12.8 Å².